The molecule has 2 aromatic heterocycles. The molecule has 1 aliphatic rings. The van der Waals surface area contributed by atoms with Crippen molar-refractivity contribution >= 4 is 29.0 Å². The highest BCUT2D eigenvalue weighted by molar-refractivity contribution is 7.99. The van der Waals surface area contributed by atoms with Gasteiger partial charge in [0.25, 0.3) is 0 Å². The Labute approximate surface area is 189 Å². The maximum Gasteiger partial charge on any atom is 0.234 e. The molecule has 32 heavy (non-hydrogen) atoms. The second-order valence-electron chi connectivity index (χ2n) is 7.22. The van der Waals surface area contributed by atoms with E-state index in [2.05, 4.69) is 51.8 Å². The smallest absolute Gasteiger partial charge is 0.234 e. The lowest BCUT2D eigenvalue weighted by Crippen LogP contribution is -2.17. The van der Waals surface area contributed by atoms with Crippen LogP contribution in [0.2, 0.25) is 0 Å². The largest absolute Gasteiger partial charge is 0.486 e. The van der Waals surface area contributed by atoms with E-state index in [0.717, 1.165) is 17.7 Å². The minimum atomic E-state index is -0.158. The van der Waals surface area contributed by atoms with E-state index in [4.69, 9.17) is 9.47 Å². The first-order valence-corrected chi connectivity index (χ1v) is 11.3. The highest BCUT2D eigenvalue weighted by Gasteiger charge is 2.15. The third-order valence-corrected chi connectivity index (χ3v) is 5.97. The summed E-state index contributed by atoms with van der Waals surface area (Å²) in [5.74, 6) is 1.33. The molecule has 0 fully saturated rings. The molecule has 5 rings (SSSR count). The van der Waals surface area contributed by atoms with E-state index in [9.17, 15) is 4.79 Å². The summed E-state index contributed by atoms with van der Waals surface area (Å²) in [4.78, 5) is 12.5. The number of fused-ring (bicyclic) bond motifs is 2. The highest BCUT2D eigenvalue weighted by atomic mass is 32.2. The lowest BCUT2D eigenvalue weighted by molar-refractivity contribution is -0.113. The number of benzene rings is 2. The number of hydrogen-bond acceptors (Lipinski definition) is 7. The topological polar surface area (TPSA) is 90.6 Å². The number of thioether (sulfide) groups is 1. The van der Waals surface area contributed by atoms with Crippen LogP contribution >= 0.6 is 11.8 Å². The van der Waals surface area contributed by atoms with Crippen molar-refractivity contribution in [1.82, 2.24) is 19.8 Å². The summed E-state index contributed by atoms with van der Waals surface area (Å²) in [6, 6.07) is 17.5. The second-order valence-corrected chi connectivity index (χ2v) is 8.16. The van der Waals surface area contributed by atoms with Crippen molar-refractivity contribution in [2.24, 2.45) is 0 Å². The van der Waals surface area contributed by atoms with Gasteiger partial charge in [0.2, 0.25) is 11.1 Å². The van der Waals surface area contributed by atoms with E-state index in [0.29, 0.717) is 41.2 Å². The third kappa shape index (κ3) is 4.24. The van der Waals surface area contributed by atoms with Gasteiger partial charge in [0.05, 0.1) is 11.4 Å². The minimum absolute atomic E-state index is 0.158. The van der Waals surface area contributed by atoms with E-state index in [-0.39, 0.29) is 11.7 Å². The minimum Gasteiger partial charge on any atom is -0.486 e. The van der Waals surface area contributed by atoms with Crippen LogP contribution < -0.4 is 14.8 Å². The molecule has 0 saturated carbocycles. The molecule has 1 amide bonds. The molecule has 0 spiro atoms. The predicted octanol–water partition coefficient (Wildman–Crippen LogP) is 3.86. The van der Waals surface area contributed by atoms with Gasteiger partial charge in [-0.05, 0) is 36.2 Å². The Morgan fingerprint density at radius 1 is 1.03 bits per heavy atom. The fourth-order valence-electron chi connectivity index (χ4n) is 3.37. The van der Waals surface area contributed by atoms with Crippen molar-refractivity contribution in [1.29, 1.82) is 0 Å². The van der Waals surface area contributed by atoms with Gasteiger partial charge in [-0.1, -0.05) is 43.0 Å². The van der Waals surface area contributed by atoms with Gasteiger partial charge in [-0.15, -0.1) is 10.2 Å². The molecule has 3 heterocycles. The molecule has 0 aliphatic carbocycles. The van der Waals surface area contributed by atoms with E-state index < -0.39 is 0 Å². The van der Waals surface area contributed by atoms with Crippen LogP contribution in [0.25, 0.3) is 16.9 Å². The fraction of sp³-hybridized carbons (Fsp3) is 0.217. The number of hydrogen-bond donors (Lipinski definition) is 1. The fourth-order valence-corrected chi connectivity index (χ4v) is 4.06. The zero-order chi connectivity index (χ0) is 21.9. The standard InChI is InChI=1S/C23H21N5O3S/c1-2-15-3-5-16(6-4-15)18-8-10-21-25-26-23(28(21)27-18)32-14-22(29)24-17-7-9-19-20(13-17)31-12-11-30-19/h3-10,13H,2,11-12,14H2,1H3,(H,24,29). The van der Waals surface area contributed by atoms with Crippen molar-refractivity contribution < 1.29 is 14.3 Å². The van der Waals surface area contributed by atoms with Crippen LogP contribution in [0.5, 0.6) is 11.5 Å². The molecule has 4 aromatic rings. The van der Waals surface area contributed by atoms with Gasteiger partial charge in [-0.25, -0.2) is 0 Å². The SMILES string of the molecule is CCc1ccc(-c2ccc3nnc(SCC(=O)Nc4ccc5c(c4)OCCO5)n3n2)cc1. The van der Waals surface area contributed by atoms with Gasteiger partial charge in [0.15, 0.2) is 17.1 Å². The maximum atomic E-state index is 12.5. The first-order chi connectivity index (χ1) is 15.7. The molecule has 1 aliphatic heterocycles. The van der Waals surface area contributed by atoms with Crippen LogP contribution in [0, 0.1) is 0 Å². The summed E-state index contributed by atoms with van der Waals surface area (Å²) >= 11 is 1.28. The zero-order valence-corrected chi connectivity index (χ0v) is 18.3. The molecular formula is C23H21N5O3S. The van der Waals surface area contributed by atoms with E-state index in [1.165, 1.54) is 17.3 Å². The van der Waals surface area contributed by atoms with Crippen LogP contribution in [-0.2, 0) is 11.2 Å². The first kappa shape index (κ1) is 20.3. The van der Waals surface area contributed by atoms with E-state index >= 15 is 0 Å². The van der Waals surface area contributed by atoms with Crippen molar-refractivity contribution in [3.8, 4) is 22.8 Å². The number of anilines is 1. The van der Waals surface area contributed by atoms with Crippen LogP contribution in [0.3, 0.4) is 0 Å². The quantitative estimate of drug-likeness (QED) is 0.449. The van der Waals surface area contributed by atoms with Crippen LogP contribution in [0.4, 0.5) is 5.69 Å². The Morgan fingerprint density at radius 3 is 2.66 bits per heavy atom. The normalized spacial score (nSPS) is 12.7. The van der Waals surface area contributed by atoms with E-state index in [1.807, 2.05) is 12.1 Å². The van der Waals surface area contributed by atoms with Crippen molar-refractivity contribution in [2.45, 2.75) is 18.5 Å². The summed E-state index contributed by atoms with van der Waals surface area (Å²) < 4.78 is 12.7. The summed E-state index contributed by atoms with van der Waals surface area (Å²) in [6.07, 6.45) is 0.993. The molecule has 0 unspecified atom stereocenters. The summed E-state index contributed by atoms with van der Waals surface area (Å²) in [5.41, 5.74) is 4.41. The molecule has 0 bridgehead atoms. The molecule has 2 aromatic carbocycles. The molecule has 0 saturated heterocycles. The Bertz CT molecular complexity index is 1270. The zero-order valence-electron chi connectivity index (χ0n) is 17.4. The molecule has 0 atom stereocenters. The van der Waals surface area contributed by atoms with Gasteiger partial charge >= 0.3 is 0 Å². The van der Waals surface area contributed by atoms with Crippen molar-refractivity contribution in [2.75, 3.05) is 24.3 Å². The van der Waals surface area contributed by atoms with Crippen molar-refractivity contribution in [3.05, 3.63) is 60.2 Å². The molecule has 8 nitrogen and oxygen atoms in total. The maximum absolute atomic E-state index is 12.5. The van der Waals surface area contributed by atoms with Gasteiger partial charge in [0.1, 0.15) is 13.2 Å². The average Bonchev–Trinajstić information content (AvgIpc) is 3.25. The van der Waals surface area contributed by atoms with Gasteiger partial charge in [0, 0.05) is 17.3 Å². The molecule has 9 heteroatoms. The van der Waals surface area contributed by atoms with E-state index in [1.54, 1.807) is 22.7 Å². The Morgan fingerprint density at radius 2 is 1.84 bits per heavy atom. The average molecular weight is 448 g/mol. The Kier molecular flexibility index (Phi) is 5.64. The Hall–Kier alpha value is -3.59. The molecule has 0 radical (unpaired) electrons. The lowest BCUT2D eigenvalue weighted by atomic mass is 10.1. The van der Waals surface area contributed by atoms with Gasteiger partial charge in [-0.3, -0.25) is 4.79 Å². The first-order valence-electron chi connectivity index (χ1n) is 10.3. The number of carbonyl (C=O) groups excluding carboxylic acids is 1. The number of rotatable bonds is 6. The lowest BCUT2D eigenvalue weighted by Gasteiger charge is -2.18. The molecule has 1 N–H and O–H groups in total. The summed E-state index contributed by atoms with van der Waals surface area (Å²) in [5, 5.41) is 16.5. The number of aromatic nitrogens is 4. The number of carbonyl (C=O) groups is 1. The second kappa shape index (κ2) is 8.88. The number of amides is 1. The monoisotopic (exact) mass is 447 g/mol. The number of aryl methyl sites for hydroxylation is 1. The summed E-state index contributed by atoms with van der Waals surface area (Å²) in [6.45, 7) is 3.16. The van der Waals surface area contributed by atoms with Gasteiger partial charge < -0.3 is 14.8 Å². The van der Waals surface area contributed by atoms with Crippen LogP contribution in [0.1, 0.15) is 12.5 Å². The number of nitrogens with one attached hydrogen (secondary N) is 1. The number of nitrogens with zero attached hydrogens (tertiary/aromatic N) is 4. The molecule has 162 valence electrons. The van der Waals surface area contributed by atoms with Gasteiger partial charge in [-0.2, -0.15) is 9.61 Å². The predicted molar refractivity (Wildman–Crippen MR) is 122 cm³/mol. The Balaban J connectivity index is 1.28. The summed E-state index contributed by atoms with van der Waals surface area (Å²) in [7, 11) is 0. The third-order valence-electron chi connectivity index (χ3n) is 5.05. The van der Waals surface area contributed by atoms with Crippen molar-refractivity contribution in [3.63, 3.8) is 0 Å². The van der Waals surface area contributed by atoms with Crippen LogP contribution in [-0.4, -0.2) is 44.7 Å². The van der Waals surface area contributed by atoms with Crippen LogP contribution in [0.15, 0.2) is 59.8 Å². The number of ether oxygens (including phenoxy) is 2. The highest BCUT2D eigenvalue weighted by Crippen LogP contribution is 2.32. The molecular weight excluding hydrogens is 426 g/mol.